The summed E-state index contributed by atoms with van der Waals surface area (Å²) in [5.74, 6) is 0. The van der Waals surface area contributed by atoms with Crippen LogP contribution >= 0.6 is 0 Å². The Morgan fingerprint density at radius 3 is 2.86 bits per heavy atom. The molecule has 3 aromatic rings. The van der Waals surface area contributed by atoms with Gasteiger partial charge in [0.2, 0.25) is 0 Å². The van der Waals surface area contributed by atoms with Gasteiger partial charge in [-0.1, -0.05) is 18.2 Å². The van der Waals surface area contributed by atoms with Gasteiger partial charge in [0, 0.05) is 42.5 Å². The molecule has 0 unspecified atom stereocenters. The molecule has 3 rings (SSSR count). The zero-order valence-electron chi connectivity index (χ0n) is 12.2. The van der Waals surface area contributed by atoms with Gasteiger partial charge in [0.15, 0.2) is 0 Å². The summed E-state index contributed by atoms with van der Waals surface area (Å²) in [7, 11) is 0. The zero-order valence-corrected chi connectivity index (χ0v) is 12.2. The molecule has 0 saturated carbocycles. The van der Waals surface area contributed by atoms with Gasteiger partial charge in [0.05, 0.1) is 5.52 Å². The molecule has 106 valence electrons. The molecule has 0 fully saturated rings. The van der Waals surface area contributed by atoms with Crippen molar-refractivity contribution < 1.29 is 0 Å². The van der Waals surface area contributed by atoms with Crippen LogP contribution in [0.4, 0.5) is 0 Å². The predicted octanol–water partition coefficient (Wildman–Crippen LogP) is 3.27. The normalized spacial score (nSPS) is 10.9. The second-order valence-corrected chi connectivity index (χ2v) is 5.23. The molecule has 0 saturated heterocycles. The van der Waals surface area contributed by atoms with Crippen molar-refractivity contribution in [2.75, 3.05) is 6.54 Å². The molecule has 0 amide bonds. The van der Waals surface area contributed by atoms with Crippen molar-refractivity contribution in [2.45, 2.75) is 19.9 Å². The summed E-state index contributed by atoms with van der Waals surface area (Å²) in [4.78, 5) is 8.85. The summed E-state index contributed by atoms with van der Waals surface area (Å²) in [6.45, 7) is 3.82. The number of benzene rings is 1. The van der Waals surface area contributed by atoms with Crippen LogP contribution in [-0.4, -0.2) is 16.5 Å². The van der Waals surface area contributed by atoms with Crippen LogP contribution in [0.25, 0.3) is 10.9 Å². The van der Waals surface area contributed by atoms with Crippen LogP contribution in [0.3, 0.4) is 0 Å². The topological polar surface area (TPSA) is 37.8 Å². The molecule has 0 spiro atoms. The quantitative estimate of drug-likeness (QED) is 0.727. The Morgan fingerprint density at radius 1 is 1.05 bits per heavy atom. The first-order chi connectivity index (χ1) is 10.3. The van der Waals surface area contributed by atoms with Gasteiger partial charge >= 0.3 is 0 Å². The van der Waals surface area contributed by atoms with Gasteiger partial charge in [-0.05, 0) is 42.8 Å². The van der Waals surface area contributed by atoms with E-state index in [0.717, 1.165) is 36.4 Å². The van der Waals surface area contributed by atoms with E-state index in [1.165, 1.54) is 10.9 Å². The Morgan fingerprint density at radius 2 is 2.00 bits per heavy atom. The average molecular weight is 277 g/mol. The number of rotatable bonds is 5. The molecule has 21 heavy (non-hydrogen) atoms. The van der Waals surface area contributed by atoms with E-state index < -0.39 is 0 Å². The first-order valence-electron chi connectivity index (χ1n) is 7.28. The van der Waals surface area contributed by atoms with Crippen molar-refractivity contribution in [3.8, 4) is 0 Å². The third-order valence-electron chi connectivity index (χ3n) is 3.51. The Bertz CT molecular complexity index is 723. The molecule has 3 nitrogen and oxygen atoms in total. The van der Waals surface area contributed by atoms with E-state index >= 15 is 0 Å². The third kappa shape index (κ3) is 3.64. The summed E-state index contributed by atoms with van der Waals surface area (Å²) in [6, 6.07) is 16.7. The number of pyridine rings is 2. The van der Waals surface area contributed by atoms with Crippen LogP contribution in [0.2, 0.25) is 0 Å². The lowest BCUT2D eigenvalue weighted by molar-refractivity contribution is 0.680. The number of nitrogens with one attached hydrogen (secondary N) is 1. The van der Waals surface area contributed by atoms with E-state index in [1.54, 1.807) is 0 Å². The van der Waals surface area contributed by atoms with Crippen LogP contribution in [0.1, 0.15) is 17.0 Å². The average Bonchev–Trinajstić information content (AvgIpc) is 2.52. The van der Waals surface area contributed by atoms with Gasteiger partial charge < -0.3 is 5.32 Å². The van der Waals surface area contributed by atoms with Gasteiger partial charge in [-0.2, -0.15) is 0 Å². The van der Waals surface area contributed by atoms with E-state index in [-0.39, 0.29) is 0 Å². The number of aromatic nitrogens is 2. The molecule has 0 aliphatic carbocycles. The molecule has 0 radical (unpaired) electrons. The molecule has 0 aliphatic rings. The Kier molecular flexibility index (Phi) is 4.22. The highest BCUT2D eigenvalue weighted by molar-refractivity contribution is 5.79. The molecular formula is C18H19N3. The van der Waals surface area contributed by atoms with Crippen molar-refractivity contribution in [3.63, 3.8) is 0 Å². The van der Waals surface area contributed by atoms with Crippen molar-refractivity contribution in [3.05, 3.63) is 71.7 Å². The van der Waals surface area contributed by atoms with Crippen LogP contribution in [0, 0.1) is 6.92 Å². The first kappa shape index (κ1) is 13.7. The molecule has 2 aromatic heterocycles. The number of hydrogen-bond acceptors (Lipinski definition) is 3. The van der Waals surface area contributed by atoms with Crippen LogP contribution in [-0.2, 0) is 13.0 Å². The van der Waals surface area contributed by atoms with Gasteiger partial charge in [-0.25, -0.2) is 0 Å². The lowest BCUT2D eigenvalue weighted by Crippen LogP contribution is -2.17. The standard InChI is InChI=1S/C18H19N3/c1-14-5-7-16-12-15(6-8-18(16)21-14)13-19-11-9-17-4-2-3-10-20-17/h2-8,10,12,19H,9,11,13H2,1H3. The Labute approximate surface area is 125 Å². The van der Waals surface area contributed by atoms with Crippen LogP contribution in [0.15, 0.2) is 54.7 Å². The Hall–Kier alpha value is -2.26. The Balaban J connectivity index is 1.57. The highest BCUT2D eigenvalue weighted by Gasteiger charge is 1.99. The third-order valence-corrected chi connectivity index (χ3v) is 3.51. The minimum Gasteiger partial charge on any atom is -0.312 e. The SMILES string of the molecule is Cc1ccc2cc(CNCCc3ccccn3)ccc2n1. The second kappa shape index (κ2) is 6.46. The van der Waals surface area contributed by atoms with Crippen LogP contribution in [0.5, 0.6) is 0 Å². The predicted molar refractivity (Wildman–Crippen MR) is 86.1 cm³/mol. The highest BCUT2D eigenvalue weighted by atomic mass is 14.9. The largest absolute Gasteiger partial charge is 0.312 e. The lowest BCUT2D eigenvalue weighted by atomic mass is 10.1. The molecule has 0 aliphatic heterocycles. The molecule has 0 bridgehead atoms. The van der Waals surface area contributed by atoms with E-state index in [4.69, 9.17) is 0 Å². The molecule has 2 heterocycles. The minimum absolute atomic E-state index is 0.872. The number of fused-ring (bicyclic) bond motifs is 1. The fraction of sp³-hybridized carbons (Fsp3) is 0.222. The van der Waals surface area contributed by atoms with Crippen molar-refractivity contribution >= 4 is 10.9 Å². The molecule has 1 aromatic carbocycles. The van der Waals surface area contributed by atoms with Gasteiger partial charge in [-0.15, -0.1) is 0 Å². The summed E-state index contributed by atoms with van der Waals surface area (Å²) in [5.41, 5.74) is 4.54. The summed E-state index contributed by atoms with van der Waals surface area (Å²) < 4.78 is 0. The second-order valence-electron chi connectivity index (χ2n) is 5.23. The van der Waals surface area contributed by atoms with Gasteiger partial charge in [0.25, 0.3) is 0 Å². The minimum atomic E-state index is 0.872. The van der Waals surface area contributed by atoms with E-state index in [2.05, 4.69) is 51.7 Å². The zero-order chi connectivity index (χ0) is 14.5. The fourth-order valence-corrected chi connectivity index (χ4v) is 2.38. The highest BCUT2D eigenvalue weighted by Crippen LogP contribution is 2.14. The molecule has 3 heteroatoms. The monoisotopic (exact) mass is 277 g/mol. The van der Waals surface area contributed by atoms with Gasteiger partial charge in [-0.3, -0.25) is 9.97 Å². The smallest absolute Gasteiger partial charge is 0.0705 e. The molecule has 0 atom stereocenters. The summed E-state index contributed by atoms with van der Waals surface area (Å²) >= 11 is 0. The first-order valence-corrected chi connectivity index (χ1v) is 7.28. The van der Waals surface area contributed by atoms with Crippen molar-refractivity contribution in [2.24, 2.45) is 0 Å². The number of aryl methyl sites for hydroxylation is 1. The number of nitrogens with zero attached hydrogens (tertiary/aromatic N) is 2. The van der Waals surface area contributed by atoms with Crippen molar-refractivity contribution in [1.82, 2.24) is 15.3 Å². The van der Waals surface area contributed by atoms with Crippen molar-refractivity contribution in [1.29, 1.82) is 0 Å². The van der Waals surface area contributed by atoms with E-state index in [9.17, 15) is 0 Å². The van der Waals surface area contributed by atoms with E-state index in [0.29, 0.717) is 0 Å². The molecular weight excluding hydrogens is 258 g/mol. The van der Waals surface area contributed by atoms with Crippen LogP contribution < -0.4 is 5.32 Å². The lowest BCUT2D eigenvalue weighted by Gasteiger charge is -2.06. The summed E-state index contributed by atoms with van der Waals surface area (Å²) in [6.07, 6.45) is 2.79. The maximum atomic E-state index is 4.52. The molecule has 1 N–H and O–H groups in total. The maximum absolute atomic E-state index is 4.52. The summed E-state index contributed by atoms with van der Waals surface area (Å²) in [5, 5.41) is 4.66. The maximum Gasteiger partial charge on any atom is 0.0705 e. The van der Waals surface area contributed by atoms with E-state index in [1.807, 2.05) is 25.3 Å². The van der Waals surface area contributed by atoms with Gasteiger partial charge in [0.1, 0.15) is 0 Å². The number of hydrogen-bond donors (Lipinski definition) is 1. The fourth-order valence-electron chi connectivity index (χ4n) is 2.38.